The lowest BCUT2D eigenvalue weighted by atomic mass is 10.2. The molecule has 0 radical (unpaired) electrons. The summed E-state index contributed by atoms with van der Waals surface area (Å²) in [6, 6.07) is 9.25. The van der Waals surface area contributed by atoms with Gasteiger partial charge in [0.25, 0.3) is 0 Å². The summed E-state index contributed by atoms with van der Waals surface area (Å²) in [6.07, 6.45) is -3.21. The molecule has 8 nitrogen and oxygen atoms in total. The lowest BCUT2D eigenvalue weighted by Crippen LogP contribution is -2.19. The molecule has 0 aliphatic rings. The molecule has 3 N–H and O–H groups in total. The maximum Gasteiger partial charge on any atom is 0.416 e. The molecule has 0 aliphatic carbocycles. The summed E-state index contributed by atoms with van der Waals surface area (Å²) in [6.45, 7) is -0.531. The molecule has 0 fully saturated rings. The second-order valence-corrected chi connectivity index (χ2v) is 7.96. The quantitative estimate of drug-likeness (QED) is 0.282. The summed E-state index contributed by atoms with van der Waals surface area (Å²) in [4.78, 5) is 26.8. The van der Waals surface area contributed by atoms with Gasteiger partial charge in [0, 0.05) is 11.1 Å². The molecule has 34 heavy (non-hydrogen) atoms. The zero-order valence-corrected chi connectivity index (χ0v) is 18.7. The number of hydrazone groups is 1. The Labute approximate surface area is 200 Å². The summed E-state index contributed by atoms with van der Waals surface area (Å²) in [5.74, 6) is -1.40. The van der Waals surface area contributed by atoms with E-state index in [-0.39, 0.29) is 22.9 Å². The number of aromatic nitrogens is 1. The largest absolute Gasteiger partial charge is 0.480 e. The molecule has 1 aromatic heterocycles. The summed E-state index contributed by atoms with van der Waals surface area (Å²) >= 11 is 7.16. The third-order valence-corrected chi connectivity index (χ3v) is 5.15. The molecule has 0 saturated carbocycles. The van der Waals surface area contributed by atoms with Crippen LogP contribution in [0.5, 0.6) is 5.75 Å². The fraction of sp³-hybridized carbons (Fsp3) is 0.143. The predicted molar refractivity (Wildman–Crippen MR) is 121 cm³/mol. The molecule has 0 unspecified atom stereocenters. The van der Waals surface area contributed by atoms with Gasteiger partial charge >= 0.3 is 12.1 Å². The zero-order valence-electron chi connectivity index (χ0n) is 17.1. The second-order valence-electron chi connectivity index (χ2n) is 6.69. The molecule has 1 heterocycles. The Bertz CT molecular complexity index is 1220. The fourth-order valence-corrected chi connectivity index (χ4v) is 3.55. The number of nitrogens with zero attached hydrogens (tertiary/aromatic N) is 2. The monoisotopic (exact) mass is 512 g/mol. The number of hydrogen-bond donors (Lipinski definition) is 3. The number of anilines is 2. The van der Waals surface area contributed by atoms with Crippen LogP contribution in [0.25, 0.3) is 0 Å². The lowest BCUT2D eigenvalue weighted by Gasteiger charge is -2.08. The number of benzene rings is 2. The van der Waals surface area contributed by atoms with Crippen molar-refractivity contribution in [2.24, 2.45) is 5.10 Å². The van der Waals surface area contributed by atoms with Crippen LogP contribution in [0.4, 0.5) is 24.0 Å². The van der Waals surface area contributed by atoms with Crippen LogP contribution in [0.15, 0.2) is 52.9 Å². The van der Waals surface area contributed by atoms with E-state index in [1.807, 2.05) is 0 Å². The number of hydrogen-bond acceptors (Lipinski definition) is 7. The second kappa shape index (κ2) is 11.0. The average molecular weight is 513 g/mol. The summed E-state index contributed by atoms with van der Waals surface area (Å²) in [5, 5.41) is 17.4. The number of thiazole rings is 1. The van der Waals surface area contributed by atoms with Crippen molar-refractivity contribution in [1.82, 2.24) is 10.4 Å². The molecular formula is C21H16ClF3N4O4S. The van der Waals surface area contributed by atoms with Crippen molar-refractivity contribution in [2.75, 3.05) is 11.9 Å². The average Bonchev–Trinajstić information content (AvgIpc) is 3.19. The first-order valence-electron chi connectivity index (χ1n) is 9.45. The van der Waals surface area contributed by atoms with E-state index >= 15 is 0 Å². The van der Waals surface area contributed by atoms with E-state index in [9.17, 15) is 22.8 Å². The van der Waals surface area contributed by atoms with Gasteiger partial charge in [0.1, 0.15) is 5.75 Å². The molecule has 2 aromatic carbocycles. The van der Waals surface area contributed by atoms with Crippen LogP contribution in [0.3, 0.4) is 0 Å². The fourth-order valence-electron chi connectivity index (χ4n) is 2.58. The van der Waals surface area contributed by atoms with Crippen molar-refractivity contribution < 1.29 is 32.6 Å². The highest BCUT2D eigenvalue weighted by Crippen LogP contribution is 2.32. The molecule has 0 spiro atoms. The topological polar surface area (TPSA) is 113 Å². The van der Waals surface area contributed by atoms with Gasteiger partial charge in [-0.3, -0.25) is 4.79 Å². The minimum Gasteiger partial charge on any atom is -0.480 e. The Morgan fingerprint density at radius 3 is 2.74 bits per heavy atom. The maximum atomic E-state index is 12.8. The van der Waals surface area contributed by atoms with Crippen LogP contribution in [0.1, 0.15) is 16.8 Å². The number of rotatable bonds is 9. The Balaban J connectivity index is 1.52. The first-order chi connectivity index (χ1) is 16.1. The number of aliphatic carboxylic acids is 1. The first-order valence-corrected chi connectivity index (χ1v) is 10.7. The van der Waals surface area contributed by atoms with E-state index in [1.54, 1.807) is 11.4 Å². The highest BCUT2D eigenvalue weighted by molar-refractivity contribution is 7.13. The van der Waals surface area contributed by atoms with Crippen molar-refractivity contribution >= 4 is 51.8 Å². The minimum absolute atomic E-state index is 0.0964. The van der Waals surface area contributed by atoms with Crippen LogP contribution in [0.2, 0.25) is 5.02 Å². The Morgan fingerprint density at radius 1 is 1.24 bits per heavy atom. The van der Waals surface area contributed by atoms with Gasteiger partial charge in [-0.15, -0.1) is 11.3 Å². The summed E-state index contributed by atoms with van der Waals surface area (Å²) < 4.78 is 43.5. The van der Waals surface area contributed by atoms with Crippen molar-refractivity contribution in [3.8, 4) is 5.75 Å². The number of carbonyl (C=O) groups is 2. The highest BCUT2D eigenvalue weighted by atomic mass is 35.5. The van der Waals surface area contributed by atoms with E-state index in [4.69, 9.17) is 21.4 Å². The molecule has 0 aliphatic heterocycles. The minimum atomic E-state index is -4.45. The molecular weight excluding hydrogens is 497 g/mol. The van der Waals surface area contributed by atoms with Crippen molar-refractivity contribution in [3.05, 3.63) is 69.7 Å². The van der Waals surface area contributed by atoms with Gasteiger partial charge in [0.05, 0.1) is 28.9 Å². The first kappa shape index (κ1) is 25.0. The molecule has 13 heteroatoms. The summed E-state index contributed by atoms with van der Waals surface area (Å²) in [7, 11) is 0. The molecule has 3 rings (SSSR count). The number of nitrogens with one attached hydrogen (secondary N) is 2. The van der Waals surface area contributed by atoms with Crippen molar-refractivity contribution in [2.45, 2.75) is 12.6 Å². The molecule has 0 saturated heterocycles. The van der Waals surface area contributed by atoms with Crippen LogP contribution < -0.4 is 15.5 Å². The maximum absolute atomic E-state index is 12.8. The number of halogens is 4. The van der Waals surface area contributed by atoms with Gasteiger partial charge in [-0.25, -0.2) is 15.2 Å². The van der Waals surface area contributed by atoms with Gasteiger partial charge in [-0.2, -0.15) is 18.3 Å². The Morgan fingerprint density at radius 2 is 2.03 bits per heavy atom. The SMILES string of the molecule is O=C(O)COc1ccc(/C=N\NC(=O)Cc2csc(Nc3cccc(C(F)(F)F)c3)n2)cc1Cl. The molecule has 0 bridgehead atoms. The number of amides is 1. The normalized spacial score (nSPS) is 11.4. The van der Waals surface area contributed by atoms with Crippen molar-refractivity contribution in [3.63, 3.8) is 0 Å². The van der Waals surface area contributed by atoms with E-state index in [1.165, 1.54) is 30.5 Å². The number of carboxylic acids is 1. The van der Waals surface area contributed by atoms with Gasteiger partial charge in [-0.05, 0) is 42.0 Å². The number of ether oxygens (including phenoxy) is 1. The van der Waals surface area contributed by atoms with Gasteiger partial charge < -0.3 is 15.2 Å². The standard InChI is InChI=1S/C21H16ClF3N4O4S/c22-16-6-12(4-5-17(16)33-10-19(31)32)9-26-29-18(30)8-15-11-34-20(28-15)27-14-3-1-2-13(7-14)21(23,24)25/h1-7,9,11H,8,10H2,(H,27,28)(H,29,30)(H,31,32)/b26-9-. The van der Waals surface area contributed by atoms with Crippen LogP contribution in [0, 0.1) is 0 Å². The third-order valence-electron chi connectivity index (χ3n) is 4.04. The van der Waals surface area contributed by atoms with Crippen LogP contribution >= 0.6 is 22.9 Å². The zero-order chi connectivity index (χ0) is 24.7. The van der Waals surface area contributed by atoms with Gasteiger partial charge in [-0.1, -0.05) is 17.7 Å². The Kier molecular flexibility index (Phi) is 8.08. The molecule has 3 aromatic rings. The third kappa shape index (κ3) is 7.46. The van der Waals surface area contributed by atoms with E-state index in [0.29, 0.717) is 16.4 Å². The van der Waals surface area contributed by atoms with E-state index < -0.39 is 30.2 Å². The lowest BCUT2D eigenvalue weighted by molar-refractivity contribution is -0.139. The Hall–Kier alpha value is -3.64. The molecule has 0 atom stereocenters. The van der Waals surface area contributed by atoms with Gasteiger partial charge in [0.15, 0.2) is 11.7 Å². The van der Waals surface area contributed by atoms with Crippen LogP contribution in [-0.4, -0.2) is 34.8 Å². The smallest absolute Gasteiger partial charge is 0.416 e. The number of carbonyl (C=O) groups excluding carboxylic acids is 1. The predicted octanol–water partition coefficient (Wildman–Crippen LogP) is 4.72. The number of alkyl halides is 3. The van der Waals surface area contributed by atoms with E-state index in [2.05, 4.69) is 20.8 Å². The number of carboxylic acid groups (broad SMARTS) is 1. The van der Waals surface area contributed by atoms with Gasteiger partial charge in [0.2, 0.25) is 5.91 Å². The summed E-state index contributed by atoms with van der Waals surface area (Å²) in [5.41, 5.74) is 2.73. The highest BCUT2D eigenvalue weighted by Gasteiger charge is 2.30. The van der Waals surface area contributed by atoms with Crippen LogP contribution in [-0.2, 0) is 22.2 Å². The molecule has 1 amide bonds. The van der Waals surface area contributed by atoms with E-state index in [0.717, 1.165) is 23.5 Å². The molecule has 178 valence electrons. The van der Waals surface area contributed by atoms with Crippen molar-refractivity contribution in [1.29, 1.82) is 0 Å².